The normalized spacial score (nSPS) is 13.5. The standard InChI is InChI=1S/C15H25NO/c1-7-17-13-9-8-11(2)10-12(13)14(16-6)15(3,4)5/h8-10,14,16H,7H2,1-6H3. The fourth-order valence-electron chi connectivity index (χ4n) is 2.24. The molecule has 1 aromatic rings. The highest BCUT2D eigenvalue weighted by atomic mass is 16.5. The van der Waals surface area contributed by atoms with Crippen LogP contribution in [0.5, 0.6) is 5.75 Å². The summed E-state index contributed by atoms with van der Waals surface area (Å²) in [5.74, 6) is 0.993. The van der Waals surface area contributed by atoms with Crippen LogP contribution in [0, 0.1) is 12.3 Å². The van der Waals surface area contributed by atoms with Crippen molar-refractivity contribution >= 4 is 0 Å². The Kier molecular flexibility index (Phi) is 4.58. The van der Waals surface area contributed by atoms with Crippen LogP contribution >= 0.6 is 0 Å². The molecule has 1 N–H and O–H groups in total. The van der Waals surface area contributed by atoms with Crippen LogP contribution < -0.4 is 10.1 Å². The summed E-state index contributed by atoms with van der Waals surface area (Å²) in [4.78, 5) is 0. The summed E-state index contributed by atoms with van der Waals surface area (Å²) in [7, 11) is 2.01. The van der Waals surface area contributed by atoms with Gasteiger partial charge in [-0.05, 0) is 32.4 Å². The number of rotatable bonds is 4. The molecule has 0 saturated heterocycles. The topological polar surface area (TPSA) is 21.3 Å². The van der Waals surface area contributed by atoms with Gasteiger partial charge in [0.15, 0.2) is 0 Å². The first kappa shape index (κ1) is 14.0. The number of ether oxygens (including phenoxy) is 1. The van der Waals surface area contributed by atoms with Gasteiger partial charge in [-0.25, -0.2) is 0 Å². The Morgan fingerprint density at radius 1 is 1.29 bits per heavy atom. The molecule has 0 spiro atoms. The van der Waals surface area contributed by atoms with Crippen molar-refractivity contribution in [1.82, 2.24) is 5.32 Å². The minimum atomic E-state index is 0.161. The molecule has 1 aromatic carbocycles. The quantitative estimate of drug-likeness (QED) is 0.859. The Hall–Kier alpha value is -1.02. The van der Waals surface area contributed by atoms with E-state index in [1.807, 2.05) is 14.0 Å². The van der Waals surface area contributed by atoms with Crippen molar-refractivity contribution in [3.05, 3.63) is 29.3 Å². The lowest BCUT2D eigenvalue weighted by atomic mass is 9.81. The third-order valence-electron chi connectivity index (χ3n) is 2.93. The highest BCUT2D eigenvalue weighted by molar-refractivity contribution is 5.40. The third kappa shape index (κ3) is 3.47. The average molecular weight is 235 g/mol. The minimum Gasteiger partial charge on any atom is -0.494 e. The van der Waals surface area contributed by atoms with Gasteiger partial charge in [0.2, 0.25) is 0 Å². The molecule has 96 valence electrons. The van der Waals surface area contributed by atoms with E-state index in [0.29, 0.717) is 12.6 Å². The molecule has 0 aliphatic rings. The van der Waals surface area contributed by atoms with Gasteiger partial charge in [0.25, 0.3) is 0 Å². The van der Waals surface area contributed by atoms with E-state index in [4.69, 9.17) is 4.74 Å². The zero-order valence-corrected chi connectivity index (χ0v) is 11.9. The number of hydrogen-bond donors (Lipinski definition) is 1. The maximum atomic E-state index is 5.73. The predicted octanol–water partition coefficient (Wildman–Crippen LogP) is 3.70. The monoisotopic (exact) mass is 235 g/mol. The van der Waals surface area contributed by atoms with E-state index >= 15 is 0 Å². The van der Waals surface area contributed by atoms with Gasteiger partial charge in [0.05, 0.1) is 6.61 Å². The van der Waals surface area contributed by atoms with Crippen LogP contribution in [0.4, 0.5) is 0 Å². The van der Waals surface area contributed by atoms with Crippen molar-refractivity contribution in [1.29, 1.82) is 0 Å². The second-order valence-electron chi connectivity index (χ2n) is 5.56. The molecule has 0 aliphatic carbocycles. The number of hydrogen-bond acceptors (Lipinski definition) is 2. The summed E-state index contributed by atoms with van der Waals surface area (Å²) in [5.41, 5.74) is 2.68. The molecule has 0 heterocycles. The fourth-order valence-corrected chi connectivity index (χ4v) is 2.24. The molecule has 0 amide bonds. The van der Waals surface area contributed by atoms with Crippen LogP contribution in [0.1, 0.15) is 44.9 Å². The number of benzene rings is 1. The van der Waals surface area contributed by atoms with Gasteiger partial charge >= 0.3 is 0 Å². The molecule has 1 rings (SSSR count). The molecule has 0 saturated carbocycles. The molecule has 0 radical (unpaired) electrons. The molecule has 1 atom stereocenters. The molecule has 0 fully saturated rings. The summed E-state index contributed by atoms with van der Waals surface area (Å²) >= 11 is 0. The Morgan fingerprint density at radius 2 is 1.94 bits per heavy atom. The summed E-state index contributed by atoms with van der Waals surface area (Å²) in [6.07, 6.45) is 0. The lowest BCUT2D eigenvalue weighted by Gasteiger charge is -2.32. The second-order valence-corrected chi connectivity index (χ2v) is 5.56. The Labute approximate surface area is 105 Å². The van der Waals surface area contributed by atoms with Crippen LogP contribution in [0.25, 0.3) is 0 Å². The molecule has 0 bridgehead atoms. The first-order chi connectivity index (χ1) is 7.90. The highest BCUT2D eigenvalue weighted by Crippen LogP contribution is 2.37. The maximum absolute atomic E-state index is 5.73. The van der Waals surface area contributed by atoms with Crippen molar-refractivity contribution < 1.29 is 4.74 Å². The molecule has 0 aromatic heterocycles. The van der Waals surface area contributed by atoms with Crippen molar-refractivity contribution in [2.75, 3.05) is 13.7 Å². The first-order valence-electron chi connectivity index (χ1n) is 6.30. The Morgan fingerprint density at radius 3 is 2.41 bits per heavy atom. The molecular formula is C15H25NO. The van der Waals surface area contributed by atoms with Gasteiger partial charge in [0.1, 0.15) is 5.75 Å². The number of aryl methyl sites for hydroxylation is 1. The molecule has 2 heteroatoms. The molecule has 1 unspecified atom stereocenters. The van der Waals surface area contributed by atoms with Gasteiger partial charge in [-0.3, -0.25) is 0 Å². The lowest BCUT2D eigenvalue weighted by molar-refractivity contribution is 0.270. The van der Waals surface area contributed by atoms with Crippen LogP contribution in [-0.2, 0) is 0 Å². The van der Waals surface area contributed by atoms with Crippen LogP contribution in [-0.4, -0.2) is 13.7 Å². The minimum absolute atomic E-state index is 0.161. The van der Waals surface area contributed by atoms with E-state index < -0.39 is 0 Å². The van der Waals surface area contributed by atoms with Crippen LogP contribution in [0.2, 0.25) is 0 Å². The van der Waals surface area contributed by atoms with Crippen molar-refractivity contribution in [3.63, 3.8) is 0 Å². The molecular weight excluding hydrogens is 210 g/mol. The van der Waals surface area contributed by atoms with E-state index in [2.05, 4.69) is 51.2 Å². The van der Waals surface area contributed by atoms with Gasteiger partial charge in [0, 0.05) is 11.6 Å². The van der Waals surface area contributed by atoms with Gasteiger partial charge < -0.3 is 10.1 Å². The summed E-state index contributed by atoms with van der Waals surface area (Å²) in [5, 5.41) is 3.40. The SMILES string of the molecule is CCOc1ccc(C)cc1C(NC)C(C)(C)C. The zero-order chi connectivity index (χ0) is 13.1. The van der Waals surface area contributed by atoms with E-state index in [1.54, 1.807) is 0 Å². The van der Waals surface area contributed by atoms with Crippen LogP contribution in [0.15, 0.2) is 18.2 Å². The van der Waals surface area contributed by atoms with Gasteiger partial charge in [-0.1, -0.05) is 38.5 Å². The van der Waals surface area contributed by atoms with Crippen molar-refractivity contribution in [2.24, 2.45) is 5.41 Å². The third-order valence-corrected chi connectivity index (χ3v) is 2.93. The van der Waals surface area contributed by atoms with Gasteiger partial charge in [-0.2, -0.15) is 0 Å². The molecule has 2 nitrogen and oxygen atoms in total. The lowest BCUT2D eigenvalue weighted by Crippen LogP contribution is -2.30. The van der Waals surface area contributed by atoms with Gasteiger partial charge in [-0.15, -0.1) is 0 Å². The maximum Gasteiger partial charge on any atom is 0.124 e. The van der Waals surface area contributed by atoms with E-state index in [9.17, 15) is 0 Å². The zero-order valence-electron chi connectivity index (χ0n) is 11.9. The van der Waals surface area contributed by atoms with Crippen molar-refractivity contribution in [2.45, 2.75) is 40.7 Å². The second kappa shape index (κ2) is 5.54. The number of nitrogens with one attached hydrogen (secondary N) is 1. The summed E-state index contributed by atoms with van der Waals surface area (Å²) in [6, 6.07) is 6.69. The largest absolute Gasteiger partial charge is 0.494 e. The fraction of sp³-hybridized carbons (Fsp3) is 0.600. The highest BCUT2D eigenvalue weighted by Gasteiger charge is 2.27. The average Bonchev–Trinajstić information content (AvgIpc) is 2.21. The predicted molar refractivity (Wildman–Crippen MR) is 73.6 cm³/mol. The first-order valence-corrected chi connectivity index (χ1v) is 6.30. The smallest absolute Gasteiger partial charge is 0.124 e. The Balaban J connectivity index is 3.20. The van der Waals surface area contributed by atoms with Crippen LogP contribution in [0.3, 0.4) is 0 Å². The van der Waals surface area contributed by atoms with E-state index in [1.165, 1.54) is 11.1 Å². The summed E-state index contributed by atoms with van der Waals surface area (Å²) < 4.78 is 5.73. The molecule has 17 heavy (non-hydrogen) atoms. The summed E-state index contributed by atoms with van der Waals surface area (Å²) in [6.45, 7) is 11.6. The molecule has 0 aliphatic heterocycles. The van der Waals surface area contributed by atoms with E-state index in [0.717, 1.165) is 5.75 Å². The van der Waals surface area contributed by atoms with E-state index in [-0.39, 0.29) is 5.41 Å². The van der Waals surface area contributed by atoms with Crippen molar-refractivity contribution in [3.8, 4) is 5.75 Å². The Bertz CT molecular complexity index is 366.